The summed E-state index contributed by atoms with van der Waals surface area (Å²) in [6.45, 7) is 0. The highest BCUT2D eigenvalue weighted by atomic mass is 35.5. The molecular weight excluding hydrogens is 244 g/mol. The van der Waals surface area contributed by atoms with Crippen molar-refractivity contribution in [3.8, 4) is 5.75 Å². The molecule has 1 N–H and O–H groups in total. The highest BCUT2D eigenvalue weighted by molar-refractivity contribution is 7.80. The minimum Gasteiger partial charge on any atom is -0.497 e. The monoisotopic (exact) mass is 252 g/mol. The van der Waals surface area contributed by atoms with Gasteiger partial charge in [-0.25, -0.2) is 4.99 Å². The topological polar surface area (TPSA) is 33.6 Å². The first-order valence-corrected chi connectivity index (χ1v) is 5.39. The van der Waals surface area contributed by atoms with Crippen molar-refractivity contribution in [1.29, 1.82) is 0 Å². The summed E-state index contributed by atoms with van der Waals surface area (Å²) in [6, 6.07) is 7.62. The molecule has 0 spiro atoms. The number of halogens is 1. The fourth-order valence-corrected chi connectivity index (χ4v) is 1.74. The molecule has 5 heteroatoms. The van der Waals surface area contributed by atoms with Crippen LogP contribution in [0.5, 0.6) is 5.75 Å². The minimum absolute atomic E-state index is 0.390. The van der Waals surface area contributed by atoms with Gasteiger partial charge < -0.3 is 10.1 Å². The Morgan fingerprint density at radius 1 is 1.38 bits per heavy atom. The molecule has 16 heavy (non-hydrogen) atoms. The van der Waals surface area contributed by atoms with Crippen LogP contribution in [0.2, 0.25) is 0 Å². The predicted octanol–water partition coefficient (Wildman–Crippen LogP) is 2.56. The lowest BCUT2D eigenvalue weighted by molar-refractivity contribution is 0.415. The highest BCUT2D eigenvalue weighted by Gasteiger charge is 2.13. The first-order chi connectivity index (χ1) is 7.69. The number of rotatable bonds is 2. The fourth-order valence-electron chi connectivity index (χ4n) is 1.31. The quantitative estimate of drug-likeness (QED) is 0.822. The van der Waals surface area contributed by atoms with Crippen LogP contribution in [0.15, 0.2) is 35.0 Å². The van der Waals surface area contributed by atoms with Crippen LogP contribution in [0.1, 0.15) is 5.56 Å². The Labute approximate surface area is 104 Å². The van der Waals surface area contributed by atoms with E-state index in [1.54, 1.807) is 7.11 Å². The maximum Gasteiger partial charge on any atom is 0.198 e. The summed E-state index contributed by atoms with van der Waals surface area (Å²) in [5.74, 6) is 0.816. The lowest BCUT2D eigenvalue weighted by Crippen LogP contribution is -2.12. The Balaban J connectivity index is 2.23. The van der Waals surface area contributed by atoms with Crippen molar-refractivity contribution in [3.05, 3.63) is 35.5 Å². The molecule has 1 aromatic carbocycles. The van der Waals surface area contributed by atoms with Gasteiger partial charge in [0.05, 0.1) is 12.8 Å². The summed E-state index contributed by atoms with van der Waals surface area (Å²) in [5, 5.41) is 3.69. The Morgan fingerprint density at radius 3 is 2.56 bits per heavy atom. The van der Waals surface area contributed by atoms with Gasteiger partial charge in [-0.1, -0.05) is 23.7 Å². The predicted molar refractivity (Wildman–Crippen MR) is 70.0 cm³/mol. The first-order valence-electron chi connectivity index (χ1n) is 4.60. The number of nitrogens with zero attached hydrogens (tertiary/aromatic N) is 1. The summed E-state index contributed by atoms with van der Waals surface area (Å²) >= 11 is 10.8. The molecule has 82 valence electrons. The molecule has 0 saturated heterocycles. The van der Waals surface area contributed by atoms with E-state index in [2.05, 4.69) is 10.3 Å². The zero-order chi connectivity index (χ0) is 11.5. The van der Waals surface area contributed by atoms with Crippen LogP contribution in [0, 0.1) is 0 Å². The van der Waals surface area contributed by atoms with Gasteiger partial charge in [0.25, 0.3) is 0 Å². The van der Waals surface area contributed by atoms with Gasteiger partial charge in [-0.05, 0) is 36.0 Å². The second-order valence-electron chi connectivity index (χ2n) is 3.16. The normalized spacial score (nSPS) is 17.2. The number of nitrogens with one attached hydrogen (secondary N) is 1. The van der Waals surface area contributed by atoms with Crippen molar-refractivity contribution in [2.24, 2.45) is 4.99 Å². The van der Waals surface area contributed by atoms with Crippen LogP contribution in [-0.4, -0.2) is 17.4 Å². The van der Waals surface area contributed by atoms with Crippen molar-refractivity contribution >= 4 is 40.2 Å². The van der Waals surface area contributed by atoms with Crippen molar-refractivity contribution in [1.82, 2.24) is 5.32 Å². The molecule has 0 fully saturated rings. The molecule has 3 nitrogen and oxygen atoms in total. The van der Waals surface area contributed by atoms with E-state index in [-0.39, 0.29) is 0 Å². The van der Waals surface area contributed by atoms with Gasteiger partial charge >= 0.3 is 0 Å². The van der Waals surface area contributed by atoms with Crippen LogP contribution >= 0.6 is 23.8 Å². The van der Waals surface area contributed by atoms with Crippen molar-refractivity contribution < 1.29 is 4.74 Å². The zero-order valence-electron chi connectivity index (χ0n) is 8.53. The molecule has 0 bridgehead atoms. The molecule has 1 aliphatic rings. The molecule has 0 amide bonds. The Hall–Kier alpha value is -1.39. The molecule has 0 unspecified atom stereocenters. The third-order valence-corrected chi connectivity index (χ3v) is 2.57. The van der Waals surface area contributed by atoms with E-state index >= 15 is 0 Å². The van der Waals surface area contributed by atoms with Crippen LogP contribution in [0.25, 0.3) is 6.08 Å². The summed E-state index contributed by atoms with van der Waals surface area (Å²) in [5.41, 5.74) is 1.72. The third kappa shape index (κ3) is 2.40. The van der Waals surface area contributed by atoms with Gasteiger partial charge in [-0.15, -0.1) is 0 Å². The maximum atomic E-state index is 5.89. The molecule has 0 radical (unpaired) electrons. The molecule has 1 aromatic rings. The number of methoxy groups -OCH3 is 1. The SMILES string of the molecule is COc1ccc(C=C2NC(=S)N=C2Cl)cc1. The van der Waals surface area contributed by atoms with E-state index < -0.39 is 0 Å². The van der Waals surface area contributed by atoms with Gasteiger partial charge in [0.2, 0.25) is 0 Å². The maximum absolute atomic E-state index is 5.89. The summed E-state index contributed by atoms with van der Waals surface area (Å²) in [7, 11) is 1.63. The molecule has 0 aromatic heterocycles. The van der Waals surface area contributed by atoms with Crippen LogP contribution < -0.4 is 10.1 Å². The molecule has 1 aliphatic heterocycles. The average molecular weight is 253 g/mol. The summed E-state index contributed by atoms with van der Waals surface area (Å²) in [6.07, 6.45) is 1.88. The molecule has 0 aliphatic carbocycles. The van der Waals surface area contributed by atoms with Gasteiger partial charge in [0, 0.05) is 0 Å². The Bertz CT molecular complexity index is 479. The second kappa shape index (κ2) is 4.63. The van der Waals surface area contributed by atoms with E-state index in [0.29, 0.717) is 10.3 Å². The lowest BCUT2D eigenvalue weighted by Gasteiger charge is -2.01. The van der Waals surface area contributed by atoms with Gasteiger partial charge in [0.1, 0.15) is 5.75 Å². The van der Waals surface area contributed by atoms with Gasteiger partial charge in [0.15, 0.2) is 10.3 Å². The zero-order valence-corrected chi connectivity index (χ0v) is 10.1. The van der Waals surface area contributed by atoms with Crippen molar-refractivity contribution in [2.75, 3.05) is 7.11 Å². The summed E-state index contributed by atoms with van der Waals surface area (Å²) < 4.78 is 5.07. The van der Waals surface area contributed by atoms with E-state index in [9.17, 15) is 0 Å². The van der Waals surface area contributed by atoms with Gasteiger partial charge in [-0.3, -0.25) is 0 Å². The number of benzene rings is 1. The van der Waals surface area contributed by atoms with Crippen LogP contribution in [0.4, 0.5) is 0 Å². The molecule has 2 rings (SSSR count). The largest absolute Gasteiger partial charge is 0.497 e. The van der Waals surface area contributed by atoms with Crippen LogP contribution in [-0.2, 0) is 0 Å². The smallest absolute Gasteiger partial charge is 0.198 e. The molecule has 1 heterocycles. The molecular formula is C11H9ClN2OS. The van der Waals surface area contributed by atoms with E-state index in [0.717, 1.165) is 17.0 Å². The second-order valence-corrected chi connectivity index (χ2v) is 3.91. The lowest BCUT2D eigenvalue weighted by atomic mass is 10.2. The van der Waals surface area contributed by atoms with E-state index in [4.69, 9.17) is 28.6 Å². The Morgan fingerprint density at radius 2 is 2.06 bits per heavy atom. The number of hydrogen-bond donors (Lipinski definition) is 1. The summed E-state index contributed by atoms with van der Waals surface area (Å²) in [4.78, 5) is 3.91. The van der Waals surface area contributed by atoms with Gasteiger partial charge in [-0.2, -0.15) is 0 Å². The number of allylic oxidation sites excluding steroid dienone is 1. The first kappa shape index (κ1) is 11.1. The van der Waals surface area contributed by atoms with E-state index in [1.165, 1.54) is 0 Å². The average Bonchev–Trinajstić information content (AvgIpc) is 2.59. The Kier molecular flexibility index (Phi) is 3.22. The van der Waals surface area contributed by atoms with Crippen LogP contribution in [0.3, 0.4) is 0 Å². The number of aliphatic imine (C=N–C) groups is 1. The molecule has 0 atom stereocenters. The van der Waals surface area contributed by atoms with Crippen molar-refractivity contribution in [2.45, 2.75) is 0 Å². The third-order valence-electron chi connectivity index (χ3n) is 2.09. The number of hydrogen-bond acceptors (Lipinski definition) is 2. The standard InChI is InChI=1S/C11H9ClN2OS/c1-15-8-4-2-7(3-5-8)6-9-10(12)14-11(16)13-9/h2-6H,1H3,(H,13,16). The van der Waals surface area contributed by atoms with Crippen molar-refractivity contribution in [3.63, 3.8) is 0 Å². The number of thiocarbonyl (C=S) groups is 1. The number of ether oxygens (including phenoxy) is 1. The fraction of sp³-hybridized carbons (Fsp3) is 0.0909. The molecule has 0 saturated carbocycles. The minimum atomic E-state index is 0.390. The van der Waals surface area contributed by atoms with E-state index in [1.807, 2.05) is 30.3 Å². The highest BCUT2D eigenvalue weighted by Crippen LogP contribution is 2.16.